The van der Waals surface area contributed by atoms with Crippen LogP contribution in [-0.2, 0) is 9.84 Å². The third-order valence-electron chi connectivity index (χ3n) is 3.84. The van der Waals surface area contributed by atoms with Crippen LogP contribution in [0.4, 0.5) is 0 Å². The average Bonchev–Trinajstić information content (AvgIpc) is 2.29. The smallest absolute Gasteiger partial charge is 0.156 e. The fourth-order valence-electron chi connectivity index (χ4n) is 2.74. The summed E-state index contributed by atoms with van der Waals surface area (Å²) in [5, 5.41) is 8.30. The standard InChI is InChI=1S/C13H23NO2S/c1-4-5-11-6-7-12(9-14)13(8-11)17(15,16)10(2)3/h10-13H,4-8H2,1-3H3. The highest BCUT2D eigenvalue weighted by atomic mass is 32.2. The van der Waals surface area contributed by atoms with Crippen LogP contribution in [0.5, 0.6) is 0 Å². The van der Waals surface area contributed by atoms with Gasteiger partial charge in [-0.3, -0.25) is 0 Å². The Morgan fingerprint density at radius 2 is 2.00 bits per heavy atom. The maximum atomic E-state index is 12.3. The largest absolute Gasteiger partial charge is 0.228 e. The minimum absolute atomic E-state index is 0.296. The summed E-state index contributed by atoms with van der Waals surface area (Å²) in [6.45, 7) is 5.56. The van der Waals surface area contributed by atoms with Crippen LogP contribution in [0.1, 0.15) is 52.9 Å². The third-order valence-corrected chi connectivity index (χ3v) is 6.52. The molecule has 0 aromatic rings. The first-order valence-corrected chi connectivity index (χ1v) is 8.16. The topological polar surface area (TPSA) is 57.9 Å². The van der Waals surface area contributed by atoms with Crippen molar-refractivity contribution in [2.45, 2.75) is 63.4 Å². The molecule has 3 unspecified atom stereocenters. The van der Waals surface area contributed by atoms with Crippen LogP contribution < -0.4 is 0 Å². The zero-order valence-corrected chi connectivity index (χ0v) is 11.8. The van der Waals surface area contributed by atoms with E-state index in [1.54, 1.807) is 13.8 Å². The molecule has 0 saturated heterocycles. The Balaban J connectivity index is 2.88. The van der Waals surface area contributed by atoms with E-state index >= 15 is 0 Å². The minimum Gasteiger partial charge on any atom is -0.228 e. The molecule has 0 aromatic heterocycles. The molecule has 98 valence electrons. The molecule has 17 heavy (non-hydrogen) atoms. The quantitative estimate of drug-likeness (QED) is 0.778. The molecule has 3 nitrogen and oxygen atoms in total. The lowest BCUT2D eigenvalue weighted by atomic mass is 9.80. The molecular weight excluding hydrogens is 234 g/mol. The Labute approximate surface area is 105 Å². The van der Waals surface area contributed by atoms with Crippen molar-refractivity contribution in [3.05, 3.63) is 0 Å². The molecular formula is C13H23NO2S. The van der Waals surface area contributed by atoms with Gasteiger partial charge in [0.25, 0.3) is 0 Å². The van der Waals surface area contributed by atoms with Gasteiger partial charge in [-0.2, -0.15) is 5.26 Å². The number of rotatable bonds is 4. The first kappa shape index (κ1) is 14.5. The summed E-state index contributed by atoms with van der Waals surface area (Å²) in [4.78, 5) is 0. The van der Waals surface area contributed by atoms with E-state index in [9.17, 15) is 8.42 Å². The van der Waals surface area contributed by atoms with Gasteiger partial charge in [-0.1, -0.05) is 19.8 Å². The fraction of sp³-hybridized carbons (Fsp3) is 0.923. The number of hydrogen-bond acceptors (Lipinski definition) is 3. The van der Waals surface area contributed by atoms with Crippen LogP contribution in [-0.4, -0.2) is 18.9 Å². The summed E-state index contributed by atoms with van der Waals surface area (Å²) in [7, 11) is -3.13. The normalized spacial score (nSPS) is 30.2. The van der Waals surface area contributed by atoms with E-state index in [-0.39, 0.29) is 11.2 Å². The molecule has 4 heteroatoms. The van der Waals surface area contributed by atoms with Crippen LogP contribution in [0, 0.1) is 23.2 Å². The van der Waals surface area contributed by atoms with E-state index in [4.69, 9.17) is 5.26 Å². The summed E-state index contributed by atoms with van der Waals surface area (Å²) in [5.74, 6) is 0.193. The Morgan fingerprint density at radius 3 is 2.47 bits per heavy atom. The molecule has 0 spiro atoms. The second-order valence-corrected chi connectivity index (χ2v) is 8.11. The molecule has 1 aliphatic carbocycles. The van der Waals surface area contributed by atoms with E-state index in [1.807, 2.05) is 0 Å². The monoisotopic (exact) mass is 257 g/mol. The minimum atomic E-state index is -3.13. The lowest BCUT2D eigenvalue weighted by Gasteiger charge is -2.33. The molecule has 1 saturated carbocycles. The van der Waals surface area contributed by atoms with Crippen LogP contribution >= 0.6 is 0 Å². The maximum Gasteiger partial charge on any atom is 0.156 e. The SMILES string of the molecule is CCCC1CCC(C#N)C(S(=O)(=O)C(C)C)C1. The van der Waals surface area contributed by atoms with Gasteiger partial charge in [0.2, 0.25) is 0 Å². The summed E-state index contributed by atoms with van der Waals surface area (Å²) in [6.07, 6.45) is 4.62. The van der Waals surface area contributed by atoms with Crippen molar-refractivity contribution in [1.29, 1.82) is 5.26 Å². The Morgan fingerprint density at radius 1 is 1.35 bits per heavy atom. The van der Waals surface area contributed by atoms with E-state index in [0.717, 1.165) is 25.7 Å². The second kappa shape index (κ2) is 5.86. The Hall–Kier alpha value is -0.560. The summed E-state index contributed by atoms with van der Waals surface area (Å²) >= 11 is 0. The molecule has 0 heterocycles. The predicted molar refractivity (Wildman–Crippen MR) is 69.2 cm³/mol. The molecule has 0 amide bonds. The van der Waals surface area contributed by atoms with Crippen molar-refractivity contribution in [3.8, 4) is 6.07 Å². The van der Waals surface area contributed by atoms with Crippen LogP contribution in [0.3, 0.4) is 0 Å². The van der Waals surface area contributed by atoms with Crippen LogP contribution in [0.2, 0.25) is 0 Å². The van der Waals surface area contributed by atoms with Crippen LogP contribution in [0.25, 0.3) is 0 Å². The Kier molecular flexibility index (Phi) is 5.00. The summed E-state index contributed by atoms with van der Waals surface area (Å²) in [6, 6.07) is 2.20. The number of sulfone groups is 1. The summed E-state index contributed by atoms with van der Waals surface area (Å²) < 4.78 is 24.5. The zero-order chi connectivity index (χ0) is 13.1. The molecule has 0 bridgehead atoms. The molecule has 1 rings (SSSR count). The zero-order valence-electron chi connectivity index (χ0n) is 11.0. The van der Waals surface area contributed by atoms with Gasteiger partial charge in [0.1, 0.15) is 0 Å². The molecule has 0 aliphatic heterocycles. The second-order valence-electron chi connectivity index (χ2n) is 5.38. The van der Waals surface area contributed by atoms with Gasteiger partial charge in [0, 0.05) is 0 Å². The van der Waals surface area contributed by atoms with Gasteiger partial charge < -0.3 is 0 Å². The van der Waals surface area contributed by atoms with E-state index < -0.39 is 15.1 Å². The summed E-state index contributed by atoms with van der Waals surface area (Å²) in [5.41, 5.74) is 0. The molecule has 0 aromatic carbocycles. The van der Waals surface area contributed by atoms with E-state index in [1.165, 1.54) is 0 Å². The van der Waals surface area contributed by atoms with Crippen molar-refractivity contribution in [1.82, 2.24) is 0 Å². The number of nitrogens with zero attached hydrogens (tertiary/aromatic N) is 1. The Bertz CT molecular complexity index is 381. The number of nitriles is 1. The first-order valence-electron chi connectivity index (χ1n) is 6.55. The average molecular weight is 257 g/mol. The van der Waals surface area contributed by atoms with Gasteiger partial charge >= 0.3 is 0 Å². The van der Waals surface area contributed by atoms with Gasteiger partial charge in [0.15, 0.2) is 9.84 Å². The van der Waals surface area contributed by atoms with Crippen molar-refractivity contribution < 1.29 is 8.42 Å². The molecule has 3 atom stereocenters. The molecule has 1 aliphatic rings. The third kappa shape index (κ3) is 3.22. The van der Waals surface area contributed by atoms with Gasteiger partial charge in [-0.15, -0.1) is 0 Å². The van der Waals surface area contributed by atoms with Crippen molar-refractivity contribution in [2.24, 2.45) is 11.8 Å². The van der Waals surface area contributed by atoms with Crippen molar-refractivity contribution in [3.63, 3.8) is 0 Å². The highest BCUT2D eigenvalue weighted by Gasteiger charge is 2.40. The molecule has 0 N–H and O–H groups in total. The fourth-order valence-corrected chi connectivity index (χ4v) is 4.64. The van der Waals surface area contributed by atoms with Crippen molar-refractivity contribution in [2.75, 3.05) is 0 Å². The first-order chi connectivity index (χ1) is 7.93. The molecule has 1 fully saturated rings. The van der Waals surface area contributed by atoms with E-state index in [2.05, 4.69) is 13.0 Å². The van der Waals surface area contributed by atoms with Gasteiger partial charge in [-0.25, -0.2) is 8.42 Å². The maximum absolute atomic E-state index is 12.3. The number of hydrogen-bond donors (Lipinski definition) is 0. The van der Waals surface area contributed by atoms with Crippen LogP contribution in [0.15, 0.2) is 0 Å². The molecule has 0 radical (unpaired) electrons. The van der Waals surface area contributed by atoms with Gasteiger partial charge in [0.05, 0.1) is 22.5 Å². The lowest BCUT2D eigenvalue weighted by molar-refractivity contribution is 0.298. The van der Waals surface area contributed by atoms with Crippen molar-refractivity contribution >= 4 is 9.84 Å². The highest BCUT2D eigenvalue weighted by molar-refractivity contribution is 7.92. The van der Waals surface area contributed by atoms with Gasteiger partial charge in [-0.05, 0) is 39.0 Å². The predicted octanol–water partition coefficient (Wildman–Crippen LogP) is 2.92. The van der Waals surface area contributed by atoms with E-state index in [0.29, 0.717) is 12.3 Å². The highest BCUT2D eigenvalue weighted by Crippen LogP contribution is 2.36. The lowest BCUT2D eigenvalue weighted by Crippen LogP contribution is -2.39.